The summed E-state index contributed by atoms with van der Waals surface area (Å²) in [5.74, 6) is 0.724. The Balaban J connectivity index is 1.50. The van der Waals surface area contributed by atoms with E-state index in [9.17, 15) is 5.11 Å². The van der Waals surface area contributed by atoms with Gasteiger partial charge in [0.05, 0.1) is 12.4 Å². The molecule has 146 valence electrons. The van der Waals surface area contributed by atoms with Gasteiger partial charge in [-0.25, -0.2) is 4.98 Å². The Labute approximate surface area is 163 Å². The number of aromatic nitrogens is 6. The zero-order valence-electron chi connectivity index (χ0n) is 16.2. The van der Waals surface area contributed by atoms with Crippen LogP contribution in [0.4, 0.5) is 5.95 Å². The van der Waals surface area contributed by atoms with Crippen molar-refractivity contribution in [2.45, 2.75) is 32.4 Å². The summed E-state index contributed by atoms with van der Waals surface area (Å²) in [6, 6.07) is 6.22. The van der Waals surface area contributed by atoms with Gasteiger partial charge in [-0.05, 0) is 18.6 Å². The van der Waals surface area contributed by atoms with Gasteiger partial charge in [-0.15, -0.1) is 10.2 Å². The molecule has 9 heteroatoms. The zero-order chi connectivity index (χ0) is 19.7. The average Bonchev–Trinajstić information content (AvgIpc) is 3.30. The van der Waals surface area contributed by atoms with Gasteiger partial charge in [0, 0.05) is 43.3 Å². The summed E-state index contributed by atoms with van der Waals surface area (Å²) in [6.07, 6.45) is 4.37. The zero-order valence-corrected chi connectivity index (χ0v) is 16.2. The largest absolute Gasteiger partial charge is 0.507 e. The topological polar surface area (TPSA) is 105 Å². The van der Waals surface area contributed by atoms with Crippen molar-refractivity contribution in [2.24, 2.45) is 7.05 Å². The van der Waals surface area contributed by atoms with Crippen molar-refractivity contribution in [3.63, 3.8) is 0 Å². The van der Waals surface area contributed by atoms with Gasteiger partial charge in [-0.3, -0.25) is 0 Å². The third-order valence-corrected chi connectivity index (χ3v) is 4.76. The standard InChI is InChI=1S/C19H24N8O/c1-12(2)22-14-6-7-27(11-14)19-20-9-17(23-24-19)15-5-4-13(8-18(15)28)16-10-21-26(3)25-16/h4-5,8-10,12,14,22,28H,6-7,11H2,1-3H3. The Kier molecular flexibility index (Phi) is 4.91. The molecule has 1 aliphatic rings. The molecular weight excluding hydrogens is 356 g/mol. The molecule has 1 fully saturated rings. The fourth-order valence-corrected chi connectivity index (χ4v) is 3.47. The van der Waals surface area contributed by atoms with Crippen LogP contribution in [-0.4, -0.2) is 60.5 Å². The SMILES string of the molecule is CC(C)NC1CCN(c2ncc(-c3ccc(-c4cnn(C)n4)cc3O)nn2)C1. The van der Waals surface area contributed by atoms with Crippen LogP contribution in [0.25, 0.3) is 22.5 Å². The van der Waals surface area contributed by atoms with Crippen molar-refractivity contribution < 1.29 is 5.11 Å². The molecule has 2 N–H and O–H groups in total. The first-order valence-corrected chi connectivity index (χ1v) is 9.40. The first-order valence-electron chi connectivity index (χ1n) is 9.40. The highest BCUT2D eigenvalue weighted by Crippen LogP contribution is 2.31. The fraction of sp³-hybridized carbons (Fsp3) is 0.421. The molecule has 4 rings (SSSR count). The highest BCUT2D eigenvalue weighted by molar-refractivity contribution is 5.72. The molecule has 1 unspecified atom stereocenters. The highest BCUT2D eigenvalue weighted by Gasteiger charge is 2.25. The molecule has 0 radical (unpaired) electrons. The summed E-state index contributed by atoms with van der Waals surface area (Å²) >= 11 is 0. The van der Waals surface area contributed by atoms with E-state index in [1.54, 1.807) is 31.6 Å². The number of nitrogens with one attached hydrogen (secondary N) is 1. The van der Waals surface area contributed by atoms with Crippen molar-refractivity contribution in [1.82, 2.24) is 35.5 Å². The maximum atomic E-state index is 10.4. The van der Waals surface area contributed by atoms with Crippen molar-refractivity contribution in [1.29, 1.82) is 0 Å². The quantitative estimate of drug-likeness (QED) is 0.688. The molecule has 1 atom stereocenters. The normalized spacial score (nSPS) is 16.9. The lowest BCUT2D eigenvalue weighted by molar-refractivity contribution is 0.477. The van der Waals surface area contributed by atoms with Gasteiger partial charge < -0.3 is 15.3 Å². The van der Waals surface area contributed by atoms with E-state index in [-0.39, 0.29) is 5.75 Å². The van der Waals surface area contributed by atoms with Crippen molar-refractivity contribution in [3.05, 3.63) is 30.6 Å². The molecule has 0 amide bonds. The number of hydrogen-bond donors (Lipinski definition) is 2. The van der Waals surface area contributed by atoms with Crippen LogP contribution in [0.15, 0.2) is 30.6 Å². The molecule has 28 heavy (non-hydrogen) atoms. The van der Waals surface area contributed by atoms with Crippen molar-refractivity contribution >= 4 is 5.95 Å². The summed E-state index contributed by atoms with van der Waals surface area (Å²) in [4.78, 5) is 8.08. The number of aromatic hydroxyl groups is 1. The smallest absolute Gasteiger partial charge is 0.245 e. The minimum absolute atomic E-state index is 0.106. The molecule has 1 aliphatic heterocycles. The van der Waals surface area contributed by atoms with Gasteiger partial charge >= 0.3 is 0 Å². The van der Waals surface area contributed by atoms with Gasteiger partial charge in [0.15, 0.2) is 0 Å². The van der Waals surface area contributed by atoms with Gasteiger partial charge in [0.25, 0.3) is 0 Å². The van der Waals surface area contributed by atoms with Crippen LogP contribution in [0.3, 0.4) is 0 Å². The van der Waals surface area contributed by atoms with E-state index >= 15 is 0 Å². The maximum Gasteiger partial charge on any atom is 0.245 e. The third kappa shape index (κ3) is 3.79. The van der Waals surface area contributed by atoms with Gasteiger partial charge in [-0.2, -0.15) is 15.0 Å². The van der Waals surface area contributed by atoms with Gasteiger partial charge in [0.2, 0.25) is 5.95 Å². The second-order valence-corrected chi connectivity index (χ2v) is 7.35. The Morgan fingerprint density at radius 1 is 1.18 bits per heavy atom. The van der Waals surface area contributed by atoms with E-state index in [0.717, 1.165) is 25.1 Å². The van der Waals surface area contributed by atoms with Crippen LogP contribution >= 0.6 is 0 Å². The summed E-state index contributed by atoms with van der Waals surface area (Å²) in [5.41, 5.74) is 2.60. The van der Waals surface area contributed by atoms with E-state index in [1.165, 1.54) is 4.80 Å². The number of aryl methyl sites for hydroxylation is 1. The molecule has 1 saturated heterocycles. The van der Waals surface area contributed by atoms with E-state index in [4.69, 9.17) is 0 Å². The van der Waals surface area contributed by atoms with Crippen LogP contribution in [0.2, 0.25) is 0 Å². The van der Waals surface area contributed by atoms with E-state index in [0.29, 0.717) is 35.0 Å². The molecule has 1 aromatic carbocycles. The average molecular weight is 380 g/mol. The van der Waals surface area contributed by atoms with Gasteiger partial charge in [0.1, 0.15) is 17.1 Å². The number of phenols is 1. The number of anilines is 1. The van der Waals surface area contributed by atoms with Crippen LogP contribution in [-0.2, 0) is 7.05 Å². The molecule has 9 nitrogen and oxygen atoms in total. The predicted molar refractivity (Wildman–Crippen MR) is 106 cm³/mol. The van der Waals surface area contributed by atoms with Crippen molar-refractivity contribution in [2.75, 3.05) is 18.0 Å². The molecule has 3 heterocycles. The molecule has 0 spiro atoms. The maximum absolute atomic E-state index is 10.4. The Hall–Kier alpha value is -3.07. The Bertz CT molecular complexity index is 953. The number of benzene rings is 1. The van der Waals surface area contributed by atoms with Crippen LogP contribution in [0.1, 0.15) is 20.3 Å². The second kappa shape index (κ2) is 7.51. The lowest BCUT2D eigenvalue weighted by atomic mass is 10.1. The lowest BCUT2D eigenvalue weighted by Gasteiger charge is -2.18. The first-order chi connectivity index (χ1) is 13.5. The lowest BCUT2D eigenvalue weighted by Crippen LogP contribution is -2.37. The molecular formula is C19H24N8O. The predicted octanol–water partition coefficient (Wildman–Crippen LogP) is 1.62. The summed E-state index contributed by atoms with van der Waals surface area (Å²) in [6.45, 7) is 6.08. The molecule has 0 aliphatic carbocycles. The second-order valence-electron chi connectivity index (χ2n) is 7.35. The third-order valence-electron chi connectivity index (χ3n) is 4.76. The summed E-state index contributed by atoms with van der Waals surface area (Å²) < 4.78 is 0. The number of phenolic OH excluding ortho intramolecular Hbond substituents is 1. The summed E-state index contributed by atoms with van der Waals surface area (Å²) in [7, 11) is 1.75. The number of hydrogen-bond acceptors (Lipinski definition) is 8. The van der Waals surface area contributed by atoms with Crippen LogP contribution in [0.5, 0.6) is 5.75 Å². The summed E-state index contributed by atoms with van der Waals surface area (Å²) in [5, 5.41) is 30.8. The molecule has 0 bridgehead atoms. The van der Waals surface area contributed by atoms with Crippen LogP contribution < -0.4 is 10.2 Å². The Morgan fingerprint density at radius 3 is 2.68 bits per heavy atom. The van der Waals surface area contributed by atoms with Gasteiger partial charge in [-0.1, -0.05) is 19.9 Å². The minimum atomic E-state index is 0.106. The minimum Gasteiger partial charge on any atom is -0.507 e. The first kappa shape index (κ1) is 18.3. The monoisotopic (exact) mass is 380 g/mol. The molecule has 0 saturated carbocycles. The van der Waals surface area contributed by atoms with E-state index < -0.39 is 0 Å². The van der Waals surface area contributed by atoms with Crippen molar-refractivity contribution in [3.8, 4) is 28.3 Å². The highest BCUT2D eigenvalue weighted by atomic mass is 16.3. The molecule has 2 aromatic heterocycles. The number of nitrogens with zero attached hydrogens (tertiary/aromatic N) is 7. The van der Waals surface area contributed by atoms with Crippen LogP contribution in [0, 0.1) is 0 Å². The van der Waals surface area contributed by atoms with E-state index in [2.05, 4.69) is 49.4 Å². The molecule has 3 aromatic rings. The number of rotatable bonds is 5. The fourth-order valence-electron chi connectivity index (χ4n) is 3.47. The Morgan fingerprint density at radius 2 is 2.04 bits per heavy atom. The van der Waals surface area contributed by atoms with E-state index in [1.807, 2.05) is 6.07 Å².